The van der Waals surface area contributed by atoms with E-state index in [2.05, 4.69) is 34.7 Å². The van der Waals surface area contributed by atoms with Crippen molar-refractivity contribution in [2.45, 2.75) is 57.9 Å². The third kappa shape index (κ3) is 4.01. The summed E-state index contributed by atoms with van der Waals surface area (Å²) in [6, 6.07) is 7.96. The Bertz CT molecular complexity index is 1070. The predicted octanol–water partition coefficient (Wildman–Crippen LogP) is 5.35. The molecule has 32 heavy (non-hydrogen) atoms. The Kier molecular flexibility index (Phi) is 5.91. The monoisotopic (exact) mass is 436 g/mol. The van der Waals surface area contributed by atoms with Gasteiger partial charge in [-0.1, -0.05) is 19.3 Å². The Morgan fingerprint density at radius 1 is 1.16 bits per heavy atom. The SMILES string of the molecule is CC(C)n1c(C2CCCCC2)nc2cc(NC(=O)c3ccco3)c(N3CCOCC3)cc21. The standard InChI is InChI=1S/C25H32N4O3/c1-17(2)29-22-16-21(28-10-13-31-14-11-28)19(27-25(30)23-9-6-12-32-23)15-20(22)26-24(29)18-7-4-3-5-8-18/h6,9,12,15-18H,3-5,7-8,10-11,13-14H2,1-2H3,(H,27,30). The molecule has 1 aliphatic carbocycles. The molecule has 0 spiro atoms. The van der Waals surface area contributed by atoms with Gasteiger partial charge in [-0.25, -0.2) is 4.98 Å². The lowest BCUT2D eigenvalue weighted by Crippen LogP contribution is -2.36. The Morgan fingerprint density at radius 3 is 2.62 bits per heavy atom. The number of hydrogen-bond acceptors (Lipinski definition) is 5. The van der Waals surface area contributed by atoms with Crippen LogP contribution in [0.3, 0.4) is 0 Å². The van der Waals surface area contributed by atoms with Crippen molar-refractivity contribution in [2.75, 3.05) is 36.5 Å². The zero-order valence-electron chi connectivity index (χ0n) is 19.0. The number of carbonyl (C=O) groups is 1. The Labute approximate surface area is 188 Å². The van der Waals surface area contributed by atoms with Crippen molar-refractivity contribution in [3.8, 4) is 0 Å². The van der Waals surface area contributed by atoms with Crippen molar-refractivity contribution in [3.05, 3.63) is 42.1 Å². The van der Waals surface area contributed by atoms with E-state index in [-0.39, 0.29) is 5.91 Å². The Morgan fingerprint density at radius 2 is 1.94 bits per heavy atom. The lowest BCUT2D eigenvalue weighted by atomic mass is 9.88. The third-order valence-electron chi connectivity index (χ3n) is 6.67. The average Bonchev–Trinajstić information content (AvgIpc) is 3.48. The summed E-state index contributed by atoms with van der Waals surface area (Å²) in [5.74, 6) is 1.75. The summed E-state index contributed by atoms with van der Waals surface area (Å²) in [7, 11) is 0. The minimum absolute atomic E-state index is 0.250. The van der Waals surface area contributed by atoms with Gasteiger partial charge < -0.3 is 23.9 Å². The number of fused-ring (bicyclic) bond motifs is 1. The van der Waals surface area contributed by atoms with Gasteiger partial charge in [0.2, 0.25) is 0 Å². The van der Waals surface area contributed by atoms with E-state index in [1.807, 2.05) is 6.07 Å². The van der Waals surface area contributed by atoms with Gasteiger partial charge in [-0.2, -0.15) is 0 Å². The molecule has 0 unspecified atom stereocenters. The van der Waals surface area contributed by atoms with Gasteiger partial charge in [0.05, 0.1) is 41.9 Å². The summed E-state index contributed by atoms with van der Waals surface area (Å²) in [6.07, 6.45) is 7.79. The molecular formula is C25H32N4O3. The molecule has 0 bridgehead atoms. The lowest BCUT2D eigenvalue weighted by Gasteiger charge is -2.31. The van der Waals surface area contributed by atoms with E-state index in [0.29, 0.717) is 30.9 Å². The number of rotatable bonds is 5. The second kappa shape index (κ2) is 8.98. The number of imidazole rings is 1. The molecule has 2 aromatic heterocycles. The second-order valence-electron chi connectivity index (χ2n) is 9.16. The van der Waals surface area contributed by atoms with Crippen molar-refractivity contribution in [1.82, 2.24) is 9.55 Å². The molecule has 7 heteroatoms. The summed E-state index contributed by atoms with van der Waals surface area (Å²) in [5.41, 5.74) is 3.85. The van der Waals surface area contributed by atoms with E-state index >= 15 is 0 Å². The number of nitrogens with zero attached hydrogens (tertiary/aromatic N) is 3. The van der Waals surface area contributed by atoms with Crippen molar-refractivity contribution in [1.29, 1.82) is 0 Å². The number of nitrogens with one attached hydrogen (secondary N) is 1. The van der Waals surface area contributed by atoms with Gasteiger partial charge in [0.15, 0.2) is 5.76 Å². The molecule has 5 rings (SSSR count). The van der Waals surface area contributed by atoms with Gasteiger partial charge in [-0.05, 0) is 51.0 Å². The topological polar surface area (TPSA) is 72.5 Å². The van der Waals surface area contributed by atoms with E-state index in [4.69, 9.17) is 14.1 Å². The fourth-order valence-electron chi connectivity index (χ4n) is 5.10. The minimum Gasteiger partial charge on any atom is -0.459 e. The molecule has 170 valence electrons. The molecule has 0 atom stereocenters. The van der Waals surface area contributed by atoms with Crippen LogP contribution >= 0.6 is 0 Å². The highest BCUT2D eigenvalue weighted by atomic mass is 16.5. The molecule has 3 heterocycles. The molecule has 2 aliphatic rings. The fraction of sp³-hybridized carbons (Fsp3) is 0.520. The van der Waals surface area contributed by atoms with Crippen LogP contribution in [0, 0.1) is 0 Å². The highest BCUT2D eigenvalue weighted by Gasteiger charge is 2.26. The summed E-state index contributed by atoms with van der Waals surface area (Å²) in [5, 5.41) is 3.08. The van der Waals surface area contributed by atoms with Crippen LogP contribution in [0.1, 0.15) is 74.3 Å². The molecular weight excluding hydrogens is 404 g/mol. The predicted molar refractivity (Wildman–Crippen MR) is 126 cm³/mol. The zero-order valence-corrected chi connectivity index (χ0v) is 19.0. The largest absolute Gasteiger partial charge is 0.459 e. The number of hydrogen-bond donors (Lipinski definition) is 1. The molecule has 3 aromatic rings. The highest BCUT2D eigenvalue weighted by Crippen LogP contribution is 2.39. The van der Waals surface area contributed by atoms with Crippen LogP contribution in [0.15, 0.2) is 34.9 Å². The van der Waals surface area contributed by atoms with E-state index < -0.39 is 0 Å². The minimum atomic E-state index is -0.250. The first-order valence-corrected chi connectivity index (χ1v) is 11.8. The molecule has 1 saturated carbocycles. The first kappa shape index (κ1) is 21.1. The summed E-state index contributed by atoms with van der Waals surface area (Å²) < 4.78 is 13.3. The molecule has 1 aromatic carbocycles. The fourth-order valence-corrected chi connectivity index (χ4v) is 5.10. The van der Waals surface area contributed by atoms with Crippen molar-refractivity contribution in [3.63, 3.8) is 0 Å². The maximum absolute atomic E-state index is 12.8. The first-order valence-electron chi connectivity index (χ1n) is 11.8. The van der Waals surface area contributed by atoms with Crippen LogP contribution in [0.25, 0.3) is 11.0 Å². The Hall–Kier alpha value is -2.80. The number of carbonyl (C=O) groups excluding carboxylic acids is 1. The molecule has 1 amide bonds. The number of morpholine rings is 1. The zero-order chi connectivity index (χ0) is 22.1. The second-order valence-corrected chi connectivity index (χ2v) is 9.16. The molecule has 7 nitrogen and oxygen atoms in total. The summed E-state index contributed by atoms with van der Waals surface area (Å²) in [4.78, 5) is 20.2. The molecule has 0 radical (unpaired) electrons. The van der Waals surface area contributed by atoms with Gasteiger partial charge in [0.25, 0.3) is 5.91 Å². The highest BCUT2D eigenvalue weighted by molar-refractivity contribution is 6.05. The lowest BCUT2D eigenvalue weighted by molar-refractivity contribution is 0.0996. The normalized spacial score (nSPS) is 17.9. The van der Waals surface area contributed by atoms with Crippen LogP contribution in [0.2, 0.25) is 0 Å². The van der Waals surface area contributed by atoms with Crippen LogP contribution in [0.4, 0.5) is 11.4 Å². The van der Waals surface area contributed by atoms with Crippen molar-refractivity contribution < 1.29 is 13.9 Å². The van der Waals surface area contributed by atoms with Gasteiger partial charge in [0.1, 0.15) is 5.82 Å². The van der Waals surface area contributed by atoms with Crippen molar-refractivity contribution >= 4 is 28.3 Å². The van der Waals surface area contributed by atoms with Crippen LogP contribution in [0.5, 0.6) is 0 Å². The van der Waals surface area contributed by atoms with Gasteiger partial charge >= 0.3 is 0 Å². The van der Waals surface area contributed by atoms with Gasteiger partial charge in [-0.15, -0.1) is 0 Å². The maximum atomic E-state index is 12.8. The molecule has 1 aliphatic heterocycles. The molecule has 1 N–H and O–H groups in total. The molecule has 2 fully saturated rings. The summed E-state index contributed by atoms with van der Waals surface area (Å²) >= 11 is 0. The van der Waals surface area contributed by atoms with E-state index in [0.717, 1.165) is 35.5 Å². The van der Waals surface area contributed by atoms with E-state index in [1.165, 1.54) is 44.2 Å². The van der Waals surface area contributed by atoms with E-state index in [9.17, 15) is 4.79 Å². The van der Waals surface area contributed by atoms with E-state index in [1.54, 1.807) is 12.1 Å². The number of anilines is 2. The summed E-state index contributed by atoms with van der Waals surface area (Å²) in [6.45, 7) is 7.41. The Balaban J connectivity index is 1.61. The van der Waals surface area contributed by atoms with Gasteiger partial charge in [-0.3, -0.25) is 4.79 Å². The smallest absolute Gasteiger partial charge is 0.291 e. The van der Waals surface area contributed by atoms with Crippen LogP contribution in [-0.2, 0) is 4.74 Å². The first-order chi connectivity index (χ1) is 15.6. The van der Waals surface area contributed by atoms with Gasteiger partial charge in [0, 0.05) is 25.0 Å². The number of furan rings is 1. The van der Waals surface area contributed by atoms with Crippen LogP contribution < -0.4 is 10.2 Å². The number of ether oxygens (including phenoxy) is 1. The maximum Gasteiger partial charge on any atom is 0.291 e. The number of amides is 1. The van der Waals surface area contributed by atoms with Crippen LogP contribution in [-0.4, -0.2) is 41.8 Å². The number of aromatic nitrogens is 2. The average molecular weight is 437 g/mol. The number of benzene rings is 1. The third-order valence-corrected chi connectivity index (χ3v) is 6.67. The molecule has 1 saturated heterocycles. The quantitative estimate of drug-likeness (QED) is 0.584. The van der Waals surface area contributed by atoms with Crippen molar-refractivity contribution in [2.24, 2.45) is 0 Å².